The fourth-order valence-corrected chi connectivity index (χ4v) is 5.07. The van der Waals surface area contributed by atoms with E-state index in [1.54, 1.807) is 0 Å². The van der Waals surface area contributed by atoms with Crippen LogP contribution in [-0.4, -0.2) is 62.6 Å². The van der Waals surface area contributed by atoms with Crippen LogP contribution in [0.25, 0.3) is 11.4 Å². The number of aliphatic carboxylic acids is 1. The number of carboxylic acids is 1. The molecule has 4 rings (SSSR count). The lowest BCUT2D eigenvalue weighted by Gasteiger charge is -2.40. The third kappa shape index (κ3) is 3.75. The van der Waals surface area contributed by atoms with Gasteiger partial charge in [-0.3, -0.25) is 14.6 Å². The molecular formula is C21H27BrN4O2. The number of nitrogens with zero attached hydrogens (tertiary/aromatic N) is 4. The van der Waals surface area contributed by atoms with Crippen molar-refractivity contribution < 1.29 is 9.90 Å². The lowest BCUT2D eigenvalue weighted by atomic mass is 10.1. The van der Waals surface area contributed by atoms with Gasteiger partial charge in [0, 0.05) is 44.8 Å². The minimum Gasteiger partial charge on any atom is -0.480 e. The van der Waals surface area contributed by atoms with Crippen molar-refractivity contribution in [1.82, 2.24) is 19.4 Å². The largest absolute Gasteiger partial charge is 0.480 e. The Morgan fingerprint density at radius 1 is 1.14 bits per heavy atom. The van der Waals surface area contributed by atoms with Gasteiger partial charge in [-0.1, -0.05) is 43.2 Å². The van der Waals surface area contributed by atoms with Gasteiger partial charge in [-0.15, -0.1) is 0 Å². The Balaban J connectivity index is 1.56. The Morgan fingerprint density at radius 3 is 2.39 bits per heavy atom. The van der Waals surface area contributed by atoms with E-state index in [1.807, 2.05) is 41.9 Å². The Labute approximate surface area is 174 Å². The normalized spacial score (nSPS) is 20.5. The highest BCUT2D eigenvalue weighted by atomic mass is 79.9. The molecule has 0 radical (unpaired) electrons. The first-order valence-electron chi connectivity index (χ1n) is 10.0. The van der Waals surface area contributed by atoms with E-state index < -0.39 is 12.0 Å². The van der Waals surface area contributed by atoms with Crippen molar-refractivity contribution in [3.8, 4) is 11.4 Å². The highest BCUT2D eigenvalue weighted by Gasteiger charge is 2.36. The van der Waals surface area contributed by atoms with Gasteiger partial charge < -0.3 is 9.67 Å². The van der Waals surface area contributed by atoms with Gasteiger partial charge >= 0.3 is 5.97 Å². The lowest BCUT2D eigenvalue weighted by Crippen LogP contribution is -2.51. The zero-order valence-corrected chi connectivity index (χ0v) is 17.8. The van der Waals surface area contributed by atoms with Gasteiger partial charge in [-0.25, -0.2) is 4.98 Å². The summed E-state index contributed by atoms with van der Waals surface area (Å²) < 4.78 is 2.66. The zero-order chi connectivity index (χ0) is 19.7. The first-order valence-corrected chi connectivity index (χ1v) is 10.8. The zero-order valence-electron chi connectivity index (χ0n) is 16.2. The molecule has 6 nitrogen and oxygen atoms in total. The maximum atomic E-state index is 12.2. The third-order valence-corrected chi connectivity index (χ3v) is 7.07. The van der Waals surface area contributed by atoms with Gasteiger partial charge in [0.25, 0.3) is 0 Å². The van der Waals surface area contributed by atoms with Crippen LogP contribution in [0.2, 0.25) is 0 Å². The molecule has 7 heteroatoms. The predicted octanol–water partition coefficient (Wildman–Crippen LogP) is 3.54. The van der Waals surface area contributed by atoms with Crippen molar-refractivity contribution in [1.29, 1.82) is 0 Å². The van der Waals surface area contributed by atoms with Crippen molar-refractivity contribution in [3.05, 3.63) is 40.6 Å². The summed E-state index contributed by atoms with van der Waals surface area (Å²) in [4.78, 5) is 21.6. The Morgan fingerprint density at radius 2 is 1.79 bits per heavy atom. The first kappa shape index (κ1) is 19.6. The minimum atomic E-state index is -0.840. The minimum absolute atomic E-state index is 0.586. The van der Waals surface area contributed by atoms with E-state index in [4.69, 9.17) is 4.98 Å². The van der Waals surface area contributed by atoms with Crippen LogP contribution >= 0.6 is 15.9 Å². The Hall–Kier alpha value is -1.70. The van der Waals surface area contributed by atoms with Crippen molar-refractivity contribution in [2.45, 2.75) is 37.8 Å². The molecule has 2 aromatic rings. The number of aromatic nitrogens is 2. The molecule has 1 aromatic heterocycles. The summed E-state index contributed by atoms with van der Waals surface area (Å²) in [5.41, 5.74) is 1.57. The number of halogens is 1. The van der Waals surface area contributed by atoms with E-state index in [9.17, 15) is 9.90 Å². The van der Waals surface area contributed by atoms with Gasteiger partial charge in [0.15, 0.2) is 6.04 Å². The number of carboxylic acid groups (broad SMARTS) is 1. The molecule has 150 valence electrons. The molecule has 0 amide bonds. The molecule has 1 aliphatic carbocycles. The highest BCUT2D eigenvalue weighted by Crippen LogP contribution is 2.33. The van der Waals surface area contributed by atoms with Gasteiger partial charge in [0.05, 0.1) is 0 Å². The van der Waals surface area contributed by atoms with Crippen LogP contribution in [0.1, 0.15) is 37.4 Å². The fraction of sp³-hybridized carbons (Fsp3) is 0.524. The molecule has 2 fully saturated rings. The maximum absolute atomic E-state index is 12.2. The topological polar surface area (TPSA) is 61.6 Å². The summed E-state index contributed by atoms with van der Waals surface area (Å²) in [5, 5.41) is 10.0. The molecule has 1 aliphatic heterocycles. The molecule has 1 atom stereocenters. The molecule has 28 heavy (non-hydrogen) atoms. The monoisotopic (exact) mass is 446 g/mol. The number of hydrogen-bond acceptors (Lipinski definition) is 4. The molecule has 1 saturated carbocycles. The fourth-order valence-electron chi connectivity index (χ4n) is 4.60. The average Bonchev–Trinajstić information content (AvgIpc) is 3.34. The van der Waals surface area contributed by atoms with Crippen molar-refractivity contribution in [3.63, 3.8) is 0 Å². The van der Waals surface area contributed by atoms with E-state index in [2.05, 4.69) is 25.7 Å². The standard InChI is InChI=1S/C21H27BrN4O2/c1-24-19(22)17(23-20(24)15-7-3-2-4-8-15)18(21(27)28)26-13-11-25(12-14-26)16-9-5-6-10-16/h2-4,7-8,16,18H,5-6,9-14H2,1H3,(H,27,28). The quantitative estimate of drug-likeness (QED) is 0.760. The Bertz CT molecular complexity index is 824. The molecule has 0 bridgehead atoms. The molecular weight excluding hydrogens is 420 g/mol. The number of piperazine rings is 1. The summed E-state index contributed by atoms with van der Waals surface area (Å²) in [6.45, 7) is 3.39. The summed E-state index contributed by atoms with van der Waals surface area (Å²) in [7, 11) is 1.92. The van der Waals surface area contributed by atoms with Crippen LogP contribution in [-0.2, 0) is 11.8 Å². The summed E-state index contributed by atoms with van der Waals surface area (Å²) in [6.07, 6.45) is 5.22. The van der Waals surface area contributed by atoms with Gasteiger partial charge in [0.2, 0.25) is 0 Å². The molecule has 0 spiro atoms. The number of rotatable bonds is 5. The van der Waals surface area contributed by atoms with Crippen LogP contribution in [0.5, 0.6) is 0 Å². The number of benzene rings is 1. The second-order valence-corrected chi connectivity index (χ2v) is 8.54. The van der Waals surface area contributed by atoms with Gasteiger partial charge in [-0.05, 0) is 28.8 Å². The van der Waals surface area contributed by atoms with Crippen molar-refractivity contribution in [2.24, 2.45) is 7.05 Å². The SMILES string of the molecule is Cn1c(-c2ccccc2)nc(C(C(=O)O)N2CCN(C3CCCC3)CC2)c1Br. The van der Waals surface area contributed by atoms with Crippen LogP contribution in [0.15, 0.2) is 34.9 Å². The number of carbonyl (C=O) groups is 1. The first-order chi connectivity index (χ1) is 13.6. The number of hydrogen-bond donors (Lipinski definition) is 1. The molecule has 1 aromatic carbocycles. The maximum Gasteiger partial charge on any atom is 0.327 e. The smallest absolute Gasteiger partial charge is 0.327 e. The average molecular weight is 447 g/mol. The van der Waals surface area contributed by atoms with Crippen LogP contribution in [0.3, 0.4) is 0 Å². The van der Waals surface area contributed by atoms with E-state index in [0.29, 0.717) is 11.7 Å². The summed E-state index contributed by atoms with van der Waals surface area (Å²) in [6, 6.07) is 9.85. The van der Waals surface area contributed by atoms with Crippen LogP contribution < -0.4 is 0 Å². The second-order valence-electron chi connectivity index (χ2n) is 7.79. The van der Waals surface area contributed by atoms with Gasteiger partial charge in [-0.2, -0.15) is 0 Å². The summed E-state index contributed by atoms with van der Waals surface area (Å²) >= 11 is 3.60. The van der Waals surface area contributed by atoms with Crippen molar-refractivity contribution >= 4 is 21.9 Å². The van der Waals surface area contributed by atoms with E-state index in [0.717, 1.165) is 42.2 Å². The van der Waals surface area contributed by atoms with Gasteiger partial charge in [0.1, 0.15) is 16.1 Å². The molecule has 1 saturated heterocycles. The molecule has 1 N–H and O–H groups in total. The van der Waals surface area contributed by atoms with E-state index in [1.165, 1.54) is 25.7 Å². The Kier molecular flexibility index (Phi) is 5.85. The third-order valence-electron chi connectivity index (χ3n) is 6.13. The lowest BCUT2D eigenvalue weighted by molar-refractivity contribution is -0.144. The predicted molar refractivity (Wildman–Crippen MR) is 112 cm³/mol. The number of imidazole rings is 1. The molecule has 2 heterocycles. The highest BCUT2D eigenvalue weighted by molar-refractivity contribution is 9.10. The molecule has 1 unspecified atom stereocenters. The van der Waals surface area contributed by atoms with Crippen LogP contribution in [0.4, 0.5) is 0 Å². The summed E-state index contributed by atoms with van der Waals surface area (Å²) in [5.74, 6) is -0.0638. The van der Waals surface area contributed by atoms with E-state index >= 15 is 0 Å². The van der Waals surface area contributed by atoms with Crippen LogP contribution in [0, 0.1) is 0 Å². The van der Waals surface area contributed by atoms with E-state index in [-0.39, 0.29) is 0 Å². The van der Waals surface area contributed by atoms with Crippen molar-refractivity contribution in [2.75, 3.05) is 26.2 Å². The second kappa shape index (κ2) is 8.35. The molecule has 2 aliphatic rings.